The van der Waals surface area contributed by atoms with Crippen molar-refractivity contribution in [1.29, 1.82) is 0 Å². The van der Waals surface area contributed by atoms with Gasteiger partial charge in [-0.25, -0.2) is 0 Å². The molecule has 0 fully saturated rings. The Labute approximate surface area is 143 Å². The van der Waals surface area contributed by atoms with Gasteiger partial charge in [0.2, 0.25) is 5.91 Å². The first kappa shape index (κ1) is 14.8. The molecule has 4 nitrogen and oxygen atoms in total. The van der Waals surface area contributed by atoms with Gasteiger partial charge in [-0.2, -0.15) is 0 Å². The molecule has 4 rings (SSSR count). The van der Waals surface area contributed by atoms with Gasteiger partial charge in [-0.05, 0) is 41.3 Å². The summed E-state index contributed by atoms with van der Waals surface area (Å²) in [6.07, 6.45) is 1.93. The number of benzene rings is 2. The highest BCUT2D eigenvalue weighted by Gasteiger charge is 2.09. The Morgan fingerprint density at radius 3 is 2.79 bits per heavy atom. The number of aromatic nitrogens is 2. The number of fused-ring (bicyclic) bond motifs is 2. The van der Waals surface area contributed by atoms with E-state index in [4.69, 9.17) is 11.6 Å². The lowest BCUT2D eigenvalue weighted by molar-refractivity contribution is -0.119. The Kier molecular flexibility index (Phi) is 3.54. The topological polar surface area (TPSA) is 60.7 Å². The van der Waals surface area contributed by atoms with Gasteiger partial charge < -0.3 is 15.3 Å². The highest BCUT2D eigenvalue weighted by molar-refractivity contribution is 6.34. The van der Waals surface area contributed by atoms with Gasteiger partial charge in [0, 0.05) is 45.8 Å². The van der Waals surface area contributed by atoms with Crippen LogP contribution in [-0.2, 0) is 11.3 Å². The van der Waals surface area contributed by atoms with Gasteiger partial charge in [0.25, 0.3) is 0 Å². The van der Waals surface area contributed by atoms with Gasteiger partial charge in [0.05, 0.1) is 6.54 Å². The Hall–Kier alpha value is -2.72. The molecule has 0 saturated heterocycles. The molecule has 0 aliphatic rings. The van der Waals surface area contributed by atoms with Crippen molar-refractivity contribution in [2.75, 3.05) is 0 Å². The molecular weight excluding hydrogens is 322 g/mol. The number of rotatable bonds is 3. The lowest BCUT2D eigenvalue weighted by Crippen LogP contribution is -2.18. The number of halogens is 1. The van der Waals surface area contributed by atoms with Crippen LogP contribution in [0.1, 0.15) is 12.6 Å². The minimum atomic E-state index is -0.0494. The summed E-state index contributed by atoms with van der Waals surface area (Å²) in [5, 5.41) is 5.71. The normalized spacial score (nSPS) is 11.2. The molecule has 2 heterocycles. The number of amides is 1. The fourth-order valence-electron chi connectivity index (χ4n) is 2.96. The molecule has 0 aliphatic carbocycles. The van der Waals surface area contributed by atoms with Crippen LogP contribution in [0, 0.1) is 0 Å². The molecule has 2 aromatic carbocycles. The second-order valence-corrected chi connectivity index (χ2v) is 6.31. The summed E-state index contributed by atoms with van der Waals surface area (Å²) < 4.78 is 0. The highest BCUT2D eigenvalue weighted by Crippen LogP contribution is 2.33. The SMILES string of the molecule is CC(=O)NCc1cc2cc(Cl)c(-c3ccc4cc[nH]c4c3)cc2[nH]1. The number of hydrogen-bond acceptors (Lipinski definition) is 1. The summed E-state index contributed by atoms with van der Waals surface area (Å²) in [4.78, 5) is 17.6. The van der Waals surface area contributed by atoms with E-state index in [1.807, 2.05) is 24.4 Å². The molecule has 0 atom stereocenters. The largest absolute Gasteiger partial charge is 0.361 e. The van der Waals surface area contributed by atoms with Gasteiger partial charge >= 0.3 is 0 Å². The van der Waals surface area contributed by atoms with E-state index < -0.39 is 0 Å². The van der Waals surface area contributed by atoms with E-state index in [0.717, 1.165) is 33.2 Å². The lowest BCUT2D eigenvalue weighted by atomic mass is 10.0. The van der Waals surface area contributed by atoms with Crippen LogP contribution in [0.15, 0.2) is 48.7 Å². The third-order valence-electron chi connectivity index (χ3n) is 4.16. The molecule has 4 aromatic rings. The van der Waals surface area contributed by atoms with Gasteiger partial charge in [-0.1, -0.05) is 23.7 Å². The van der Waals surface area contributed by atoms with Gasteiger partial charge in [-0.3, -0.25) is 4.79 Å². The molecule has 120 valence electrons. The van der Waals surface area contributed by atoms with Crippen LogP contribution in [0.25, 0.3) is 32.9 Å². The fraction of sp³-hybridized carbons (Fsp3) is 0.105. The van der Waals surface area contributed by atoms with E-state index in [0.29, 0.717) is 11.6 Å². The Morgan fingerprint density at radius 1 is 1.08 bits per heavy atom. The number of hydrogen-bond donors (Lipinski definition) is 3. The smallest absolute Gasteiger partial charge is 0.217 e. The quantitative estimate of drug-likeness (QED) is 0.502. The molecule has 1 amide bonds. The van der Waals surface area contributed by atoms with Crippen molar-refractivity contribution in [2.24, 2.45) is 0 Å². The van der Waals surface area contributed by atoms with E-state index in [1.165, 1.54) is 12.3 Å². The summed E-state index contributed by atoms with van der Waals surface area (Å²) in [7, 11) is 0. The molecule has 0 spiro atoms. The maximum absolute atomic E-state index is 11.1. The second-order valence-electron chi connectivity index (χ2n) is 5.90. The Bertz CT molecular complexity index is 1060. The summed E-state index contributed by atoms with van der Waals surface area (Å²) in [5.74, 6) is -0.0494. The number of aromatic amines is 2. The average molecular weight is 338 g/mol. The zero-order chi connectivity index (χ0) is 16.7. The molecule has 3 N–H and O–H groups in total. The number of carbonyl (C=O) groups excluding carboxylic acids is 1. The second kappa shape index (κ2) is 5.73. The highest BCUT2D eigenvalue weighted by atomic mass is 35.5. The Balaban J connectivity index is 1.77. The first-order chi connectivity index (χ1) is 11.6. The van der Waals surface area contributed by atoms with E-state index in [1.54, 1.807) is 0 Å². The monoisotopic (exact) mass is 337 g/mol. The average Bonchev–Trinajstić information content (AvgIpc) is 3.17. The minimum Gasteiger partial charge on any atom is -0.361 e. The van der Waals surface area contributed by atoms with Crippen LogP contribution in [0.2, 0.25) is 5.02 Å². The molecule has 0 unspecified atom stereocenters. The standard InChI is InChI=1S/C19H16ClN3O/c1-11(24)22-10-15-6-14-7-17(20)16(9-19(14)23-15)13-3-2-12-4-5-21-18(12)8-13/h2-9,21,23H,10H2,1H3,(H,22,24). The zero-order valence-electron chi connectivity index (χ0n) is 13.1. The van der Waals surface area contributed by atoms with Crippen LogP contribution in [0.3, 0.4) is 0 Å². The van der Waals surface area contributed by atoms with Crippen LogP contribution in [0.5, 0.6) is 0 Å². The zero-order valence-corrected chi connectivity index (χ0v) is 13.9. The van der Waals surface area contributed by atoms with Crippen molar-refractivity contribution in [1.82, 2.24) is 15.3 Å². The van der Waals surface area contributed by atoms with Crippen LogP contribution < -0.4 is 5.32 Å². The minimum absolute atomic E-state index is 0.0494. The maximum Gasteiger partial charge on any atom is 0.217 e. The molecule has 0 aliphatic heterocycles. The third-order valence-corrected chi connectivity index (χ3v) is 4.47. The lowest BCUT2D eigenvalue weighted by Gasteiger charge is -2.06. The van der Waals surface area contributed by atoms with Crippen LogP contribution in [0.4, 0.5) is 0 Å². The van der Waals surface area contributed by atoms with Crippen molar-refractivity contribution in [3.05, 3.63) is 59.4 Å². The van der Waals surface area contributed by atoms with Crippen molar-refractivity contribution < 1.29 is 4.79 Å². The third kappa shape index (κ3) is 2.65. The van der Waals surface area contributed by atoms with Crippen molar-refractivity contribution in [3.8, 4) is 11.1 Å². The van der Waals surface area contributed by atoms with Crippen molar-refractivity contribution >= 4 is 39.3 Å². The molecule has 2 aromatic heterocycles. The predicted octanol–water partition coefficient (Wildman–Crippen LogP) is 4.61. The summed E-state index contributed by atoms with van der Waals surface area (Å²) in [6.45, 7) is 1.99. The fourth-order valence-corrected chi connectivity index (χ4v) is 3.25. The van der Waals surface area contributed by atoms with Gasteiger partial charge in [0.1, 0.15) is 0 Å². The molecule has 0 bridgehead atoms. The Morgan fingerprint density at radius 2 is 1.96 bits per heavy atom. The molecule has 5 heteroatoms. The van der Waals surface area contributed by atoms with Gasteiger partial charge in [-0.15, -0.1) is 0 Å². The van der Waals surface area contributed by atoms with Crippen LogP contribution in [-0.4, -0.2) is 15.9 Å². The first-order valence-electron chi connectivity index (χ1n) is 7.73. The number of H-pyrrole nitrogens is 2. The molecule has 0 saturated carbocycles. The number of carbonyl (C=O) groups is 1. The number of nitrogens with one attached hydrogen (secondary N) is 3. The molecular formula is C19H16ClN3O. The summed E-state index contributed by atoms with van der Waals surface area (Å²) >= 11 is 6.51. The maximum atomic E-state index is 11.1. The van der Waals surface area contributed by atoms with Gasteiger partial charge in [0.15, 0.2) is 0 Å². The molecule has 0 radical (unpaired) electrons. The van der Waals surface area contributed by atoms with E-state index in [2.05, 4.69) is 39.6 Å². The van der Waals surface area contributed by atoms with E-state index in [9.17, 15) is 4.79 Å². The van der Waals surface area contributed by atoms with Crippen LogP contribution >= 0.6 is 11.6 Å². The predicted molar refractivity (Wildman–Crippen MR) is 98.1 cm³/mol. The summed E-state index contributed by atoms with van der Waals surface area (Å²) in [6, 6.07) is 14.3. The summed E-state index contributed by atoms with van der Waals surface area (Å²) in [5.41, 5.74) is 5.08. The van der Waals surface area contributed by atoms with E-state index in [-0.39, 0.29) is 5.91 Å². The molecule has 24 heavy (non-hydrogen) atoms. The van der Waals surface area contributed by atoms with E-state index >= 15 is 0 Å². The first-order valence-corrected chi connectivity index (χ1v) is 8.11. The van der Waals surface area contributed by atoms with Crippen molar-refractivity contribution in [3.63, 3.8) is 0 Å². The van der Waals surface area contributed by atoms with Crippen molar-refractivity contribution in [2.45, 2.75) is 13.5 Å².